The van der Waals surface area contributed by atoms with E-state index in [1.165, 1.54) is 22.4 Å². The zero-order valence-corrected chi connectivity index (χ0v) is 15.7. The Kier molecular flexibility index (Phi) is 5.94. The average Bonchev–Trinajstić information content (AvgIpc) is 2.50. The summed E-state index contributed by atoms with van der Waals surface area (Å²) in [7, 11) is 1.68. The maximum atomic E-state index is 5.66. The van der Waals surface area contributed by atoms with Crippen LogP contribution in [0.15, 0.2) is 30.3 Å². The number of hydrogen-bond acceptors (Lipinski definition) is 3. The summed E-state index contributed by atoms with van der Waals surface area (Å²) in [6.07, 6.45) is 0. The van der Waals surface area contributed by atoms with E-state index in [9.17, 15) is 0 Å². The Balaban J connectivity index is 2.19. The first-order chi connectivity index (χ1) is 10.5. The number of nitrogens with one attached hydrogen (secondary N) is 1. The average molecular weight is 411 g/mol. The van der Waals surface area contributed by atoms with Crippen LogP contribution in [0.25, 0.3) is 0 Å². The molecule has 0 amide bonds. The fourth-order valence-corrected chi connectivity index (χ4v) is 3.10. The molecule has 0 heterocycles. The molecular formula is C18H22INO2. The molecule has 0 fully saturated rings. The Hall–Kier alpha value is -1.43. The van der Waals surface area contributed by atoms with Gasteiger partial charge in [-0.2, -0.15) is 0 Å². The first-order valence-corrected chi connectivity index (χ1v) is 8.43. The third-order valence-corrected chi connectivity index (χ3v) is 4.26. The van der Waals surface area contributed by atoms with Gasteiger partial charge in [0.05, 0.1) is 17.3 Å². The minimum Gasteiger partial charge on any atom is -0.493 e. The summed E-state index contributed by atoms with van der Waals surface area (Å²) in [6.45, 7) is 7.58. The summed E-state index contributed by atoms with van der Waals surface area (Å²) in [4.78, 5) is 0. The molecule has 0 aliphatic rings. The standard InChI is InChI=1S/C18H22INO2/c1-5-22-18-15(19)9-14(10-17(18)21-4)11-20-16-8-12(2)6-7-13(16)3/h6-10,20H,5,11H2,1-4H3. The van der Waals surface area contributed by atoms with Gasteiger partial charge in [-0.25, -0.2) is 0 Å². The molecule has 0 aliphatic carbocycles. The van der Waals surface area contributed by atoms with E-state index in [1.807, 2.05) is 13.0 Å². The van der Waals surface area contributed by atoms with E-state index >= 15 is 0 Å². The van der Waals surface area contributed by atoms with Gasteiger partial charge in [0, 0.05) is 12.2 Å². The molecule has 0 unspecified atom stereocenters. The highest BCUT2D eigenvalue weighted by Crippen LogP contribution is 2.34. The van der Waals surface area contributed by atoms with Crippen LogP contribution < -0.4 is 14.8 Å². The number of aryl methyl sites for hydroxylation is 2. The third kappa shape index (κ3) is 4.06. The summed E-state index contributed by atoms with van der Waals surface area (Å²) in [5.41, 5.74) is 4.85. The van der Waals surface area contributed by atoms with E-state index in [-0.39, 0.29) is 0 Å². The molecule has 1 N–H and O–H groups in total. The Morgan fingerprint density at radius 2 is 1.91 bits per heavy atom. The number of anilines is 1. The summed E-state index contributed by atoms with van der Waals surface area (Å²) < 4.78 is 12.2. The van der Waals surface area contributed by atoms with Gasteiger partial charge in [-0.1, -0.05) is 12.1 Å². The molecule has 0 bridgehead atoms. The Bertz CT molecular complexity index is 656. The molecule has 2 aromatic carbocycles. The summed E-state index contributed by atoms with van der Waals surface area (Å²) in [5, 5.41) is 3.50. The monoisotopic (exact) mass is 411 g/mol. The van der Waals surface area contributed by atoms with Gasteiger partial charge in [-0.15, -0.1) is 0 Å². The molecule has 0 radical (unpaired) electrons. The Morgan fingerprint density at radius 3 is 2.59 bits per heavy atom. The minimum atomic E-state index is 0.631. The van der Waals surface area contributed by atoms with Crippen LogP contribution in [-0.4, -0.2) is 13.7 Å². The van der Waals surface area contributed by atoms with Crippen molar-refractivity contribution in [3.63, 3.8) is 0 Å². The molecule has 2 rings (SSSR count). The number of benzene rings is 2. The van der Waals surface area contributed by atoms with Gasteiger partial charge in [0.25, 0.3) is 0 Å². The zero-order chi connectivity index (χ0) is 16.1. The van der Waals surface area contributed by atoms with E-state index in [0.29, 0.717) is 6.61 Å². The fourth-order valence-electron chi connectivity index (χ4n) is 2.28. The molecule has 3 nitrogen and oxygen atoms in total. The first kappa shape index (κ1) is 16.9. The third-order valence-electron chi connectivity index (χ3n) is 3.45. The van der Waals surface area contributed by atoms with Crippen molar-refractivity contribution >= 4 is 28.3 Å². The van der Waals surface area contributed by atoms with Gasteiger partial charge >= 0.3 is 0 Å². The van der Waals surface area contributed by atoms with Crippen molar-refractivity contribution in [2.45, 2.75) is 27.3 Å². The highest BCUT2D eigenvalue weighted by Gasteiger charge is 2.11. The number of methoxy groups -OCH3 is 1. The molecule has 0 spiro atoms. The van der Waals surface area contributed by atoms with Crippen LogP contribution in [0, 0.1) is 17.4 Å². The quantitative estimate of drug-likeness (QED) is 0.684. The zero-order valence-electron chi connectivity index (χ0n) is 13.5. The van der Waals surface area contributed by atoms with Gasteiger partial charge in [0.1, 0.15) is 0 Å². The van der Waals surface area contributed by atoms with Crippen molar-refractivity contribution in [1.29, 1.82) is 0 Å². The molecule has 0 saturated heterocycles. The molecule has 2 aromatic rings. The Morgan fingerprint density at radius 1 is 1.14 bits per heavy atom. The van der Waals surface area contributed by atoms with Gasteiger partial charge < -0.3 is 14.8 Å². The van der Waals surface area contributed by atoms with Crippen molar-refractivity contribution in [1.82, 2.24) is 0 Å². The lowest BCUT2D eigenvalue weighted by Gasteiger charge is -2.15. The van der Waals surface area contributed by atoms with Crippen molar-refractivity contribution in [2.24, 2.45) is 0 Å². The lowest BCUT2D eigenvalue weighted by Crippen LogP contribution is -2.04. The van der Waals surface area contributed by atoms with Gasteiger partial charge in [0.2, 0.25) is 0 Å². The lowest BCUT2D eigenvalue weighted by molar-refractivity contribution is 0.308. The second kappa shape index (κ2) is 7.72. The van der Waals surface area contributed by atoms with E-state index in [1.54, 1.807) is 7.11 Å². The predicted octanol–water partition coefficient (Wildman–Crippen LogP) is 4.93. The lowest BCUT2D eigenvalue weighted by atomic mass is 10.1. The fraction of sp³-hybridized carbons (Fsp3) is 0.333. The van der Waals surface area contributed by atoms with Gasteiger partial charge in [0.15, 0.2) is 11.5 Å². The number of rotatable bonds is 6. The molecule has 22 heavy (non-hydrogen) atoms. The van der Waals surface area contributed by atoms with Crippen LogP contribution in [0.4, 0.5) is 5.69 Å². The molecule has 4 heteroatoms. The van der Waals surface area contributed by atoms with Crippen molar-refractivity contribution in [3.8, 4) is 11.5 Å². The largest absolute Gasteiger partial charge is 0.493 e. The van der Waals surface area contributed by atoms with Crippen LogP contribution in [-0.2, 0) is 6.54 Å². The first-order valence-electron chi connectivity index (χ1n) is 7.35. The SMILES string of the molecule is CCOc1c(I)cc(CNc2cc(C)ccc2C)cc1OC. The normalized spacial score (nSPS) is 10.4. The van der Waals surface area contributed by atoms with Gasteiger partial charge in [-0.05, 0) is 78.3 Å². The van der Waals surface area contributed by atoms with E-state index < -0.39 is 0 Å². The number of halogens is 1. The van der Waals surface area contributed by atoms with Crippen molar-refractivity contribution in [3.05, 3.63) is 50.6 Å². The smallest absolute Gasteiger partial charge is 0.174 e. The van der Waals surface area contributed by atoms with Gasteiger partial charge in [-0.3, -0.25) is 0 Å². The van der Waals surface area contributed by atoms with E-state index in [4.69, 9.17) is 9.47 Å². The summed E-state index contributed by atoms with van der Waals surface area (Å²) >= 11 is 2.29. The van der Waals surface area contributed by atoms with Crippen LogP contribution in [0.5, 0.6) is 11.5 Å². The highest BCUT2D eigenvalue weighted by molar-refractivity contribution is 14.1. The summed E-state index contributed by atoms with van der Waals surface area (Å²) in [6, 6.07) is 10.6. The highest BCUT2D eigenvalue weighted by atomic mass is 127. The topological polar surface area (TPSA) is 30.5 Å². The van der Waals surface area contributed by atoms with Crippen LogP contribution in [0.3, 0.4) is 0 Å². The summed E-state index contributed by atoms with van der Waals surface area (Å²) in [5.74, 6) is 1.60. The maximum Gasteiger partial charge on any atom is 0.174 e. The van der Waals surface area contributed by atoms with Crippen molar-refractivity contribution in [2.75, 3.05) is 19.0 Å². The second-order valence-corrected chi connectivity index (χ2v) is 6.38. The predicted molar refractivity (Wildman–Crippen MR) is 100 cm³/mol. The number of hydrogen-bond donors (Lipinski definition) is 1. The molecule has 0 atom stereocenters. The van der Waals surface area contributed by atoms with Crippen molar-refractivity contribution < 1.29 is 9.47 Å². The number of ether oxygens (including phenoxy) is 2. The maximum absolute atomic E-state index is 5.66. The molecule has 0 saturated carbocycles. The second-order valence-electron chi connectivity index (χ2n) is 5.21. The molecule has 0 aliphatic heterocycles. The minimum absolute atomic E-state index is 0.631. The Labute approximate surface area is 146 Å². The molecule has 0 aromatic heterocycles. The van der Waals surface area contributed by atoms with Crippen LogP contribution >= 0.6 is 22.6 Å². The van der Waals surface area contributed by atoms with Crippen LogP contribution in [0.2, 0.25) is 0 Å². The molecular weight excluding hydrogens is 389 g/mol. The van der Waals surface area contributed by atoms with E-state index in [2.05, 4.69) is 66.0 Å². The molecule has 118 valence electrons. The van der Waals surface area contributed by atoms with Crippen LogP contribution in [0.1, 0.15) is 23.6 Å². The van der Waals surface area contributed by atoms with E-state index in [0.717, 1.165) is 21.6 Å².